The van der Waals surface area contributed by atoms with Crippen molar-refractivity contribution in [2.45, 2.75) is 19.8 Å². The zero-order valence-electron chi connectivity index (χ0n) is 15.4. The third-order valence-electron chi connectivity index (χ3n) is 4.58. The molecule has 2 aromatic carbocycles. The fourth-order valence-corrected chi connectivity index (χ4v) is 3.76. The molecule has 140 valence electrons. The van der Waals surface area contributed by atoms with Gasteiger partial charge in [0.2, 0.25) is 10.9 Å². The molecular weight excluding hydrogens is 372 g/mol. The molecule has 4 rings (SSSR count). The molecule has 0 aliphatic carbocycles. The molecule has 0 unspecified atom stereocenters. The minimum atomic E-state index is -0.417. The van der Waals surface area contributed by atoms with Crippen LogP contribution in [0.4, 0.5) is 5.69 Å². The van der Waals surface area contributed by atoms with Crippen molar-refractivity contribution in [2.75, 3.05) is 5.32 Å². The Labute approximate surface area is 165 Å². The third kappa shape index (κ3) is 3.32. The molecule has 1 amide bonds. The van der Waals surface area contributed by atoms with E-state index < -0.39 is 5.56 Å². The zero-order chi connectivity index (χ0) is 19.7. The predicted molar refractivity (Wildman–Crippen MR) is 111 cm³/mol. The Morgan fingerprint density at radius 2 is 1.82 bits per heavy atom. The number of para-hydroxylation sites is 1. The van der Waals surface area contributed by atoms with Crippen molar-refractivity contribution in [2.24, 2.45) is 0 Å². The summed E-state index contributed by atoms with van der Waals surface area (Å²) in [5.41, 5.74) is 2.70. The van der Waals surface area contributed by atoms with Crippen LogP contribution in [0.25, 0.3) is 16.2 Å². The van der Waals surface area contributed by atoms with Gasteiger partial charge in [-0.05, 0) is 25.5 Å². The smallest absolute Gasteiger partial charge is 0.300 e. The molecular formula is C21H18N4O2S. The standard InChI is InChI=1S/C21H18N4O2S/c1-13-12-28-21-23-20(27)18(24-25(13)21)16-10-6-7-11-17(16)22-19(26)14(2)15-8-4-3-5-9-15/h3-12,14H,1-2H3,(H,22,26)/t14-/m1/s1. The highest BCUT2D eigenvalue weighted by Gasteiger charge is 2.19. The van der Waals surface area contributed by atoms with Crippen molar-refractivity contribution < 1.29 is 4.79 Å². The Bertz CT molecular complexity index is 1210. The lowest BCUT2D eigenvalue weighted by molar-refractivity contribution is -0.117. The monoisotopic (exact) mass is 390 g/mol. The van der Waals surface area contributed by atoms with Gasteiger partial charge in [0.25, 0.3) is 0 Å². The summed E-state index contributed by atoms with van der Waals surface area (Å²) in [7, 11) is 0. The Kier molecular flexibility index (Phi) is 4.75. The van der Waals surface area contributed by atoms with Gasteiger partial charge in [0.1, 0.15) is 0 Å². The van der Waals surface area contributed by atoms with E-state index in [4.69, 9.17) is 0 Å². The minimum Gasteiger partial charge on any atom is -0.325 e. The van der Waals surface area contributed by atoms with E-state index in [2.05, 4.69) is 15.4 Å². The lowest BCUT2D eigenvalue weighted by atomic mass is 10.00. The number of carbonyl (C=O) groups excluding carboxylic acids is 1. The Morgan fingerprint density at radius 3 is 2.61 bits per heavy atom. The number of nitrogens with one attached hydrogen (secondary N) is 1. The highest BCUT2D eigenvalue weighted by atomic mass is 32.1. The first kappa shape index (κ1) is 18.1. The van der Waals surface area contributed by atoms with E-state index in [1.807, 2.05) is 61.7 Å². The van der Waals surface area contributed by atoms with Crippen LogP contribution in [0, 0.1) is 6.92 Å². The van der Waals surface area contributed by atoms with Crippen LogP contribution in [0.1, 0.15) is 24.1 Å². The summed E-state index contributed by atoms with van der Waals surface area (Å²) >= 11 is 1.37. The molecule has 0 radical (unpaired) electrons. The van der Waals surface area contributed by atoms with Gasteiger partial charge in [-0.3, -0.25) is 9.59 Å². The normalized spacial score (nSPS) is 12.1. The highest BCUT2D eigenvalue weighted by molar-refractivity contribution is 7.15. The van der Waals surface area contributed by atoms with Crippen LogP contribution < -0.4 is 10.9 Å². The van der Waals surface area contributed by atoms with E-state index in [-0.39, 0.29) is 17.5 Å². The largest absolute Gasteiger partial charge is 0.325 e. The van der Waals surface area contributed by atoms with Crippen molar-refractivity contribution in [1.82, 2.24) is 14.6 Å². The first-order chi connectivity index (χ1) is 13.5. The van der Waals surface area contributed by atoms with Gasteiger partial charge in [0, 0.05) is 10.9 Å². The summed E-state index contributed by atoms with van der Waals surface area (Å²) in [5, 5.41) is 9.31. The molecule has 0 aliphatic rings. The van der Waals surface area contributed by atoms with Gasteiger partial charge >= 0.3 is 5.56 Å². The number of fused-ring (bicyclic) bond motifs is 1. The molecule has 4 aromatic rings. The molecule has 0 spiro atoms. The SMILES string of the molecule is Cc1csc2nc(=O)c(-c3ccccc3NC(=O)[C@H](C)c3ccccc3)nn12. The first-order valence-corrected chi connectivity index (χ1v) is 9.73. The van der Waals surface area contributed by atoms with Crippen LogP contribution in [0.15, 0.2) is 64.8 Å². The van der Waals surface area contributed by atoms with Crippen molar-refractivity contribution in [1.29, 1.82) is 0 Å². The molecule has 0 fully saturated rings. The Balaban J connectivity index is 1.72. The number of anilines is 1. The fraction of sp³-hybridized carbons (Fsp3) is 0.143. The molecule has 0 bridgehead atoms. The summed E-state index contributed by atoms with van der Waals surface area (Å²) in [6.45, 7) is 3.75. The maximum absolute atomic E-state index is 12.8. The Hall–Kier alpha value is -3.32. The van der Waals surface area contributed by atoms with Crippen LogP contribution in [-0.2, 0) is 4.79 Å². The van der Waals surface area contributed by atoms with Gasteiger partial charge < -0.3 is 5.32 Å². The van der Waals surface area contributed by atoms with Crippen molar-refractivity contribution in [3.05, 3.63) is 81.6 Å². The summed E-state index contributed by atoms with van der Waals surface area (Å²) in [4.78, 5) is 30.0. The van der Waals surface area contributed by atoms with Gasteiger partial charge in [-0.1, -0.05) is 48.5 Å². The molecule has 1 atom stereocenters. The molecule has 6 nitrogen and oxygen atoms in total. The highest BCUT2D eigenvalue weighted by Crippen LogP contribution is 2.26. The van der Waals surface area contributed by atoms with E-state index >= 15 is 0 Å². The van der Waals surface area contributed by atoms with Crippen molar-refractivity contribution >= 4 is 27.9 Å². The molecule has 7 heteroatoms. The van der Waals surface area contributed by atoms with Crippen LogP contribution >= 0.6 is 11.3 Å². The van der Waals surface area contributed by atoms with E-state index in [9.17, 15) is 9.59 Å². The number of aryl methyl sites for hydroxylation is 1. The number of amides is 1. The van der Waals surface area contributed by atoms with Gasteiger partial charge in [0.05, 0.1) is 17.3 Å². The van der Waals surface area contributed by atoms with Gasteiger partial charge in [-0.15, -0.1) is 11.3 Å². The van der Waals surface area contributed by atoms with Gasteiger partial charge in [0.15, 0.2) is 5.69 Å². The first-order valence-electron chi connectivity index (χ1n) is 8.85. The molecule has 1 N–H and O–H groups in total. The van der Waals surface area contributed by atoms with E-state index in [1.54, 1.807) is 16.6 Å². The maximum atomic E-state index is 12.8. The third-order valence-corrected chi connectivity index (χ3v) is 5.52. The zero-order valence-corrected chi connectivity index (χ0v) is 16.2. The number of thiazole rings is 1. The number of nitrogens with zero attached hydrogens (tertiary/aromatic N) is 3. The quantitative estimate of drug-likeness (QED) is 0.574. The van der Waals surface area contributed by atoms with Crippen molar-refractivity contribution in [3.8, 4) is 11.3 Å². The number of rotatable bonds is 4. The second kappa shape index (κ2) is 7.36. The van der Waals surface area contributed by atoms with Gasteiger partial charge in [-0.25, -0.2) is 4.52 Å². The van der Waals surface area contributed by atoms with Crippen LogP contribution in [-0.4, -0.2) is 20.5 Å². The molecule has 0 aliphatic heterocycles. The predicted octanol–water partition coefficient (Wildman–Crippen LogP) is 3.87. The number of hydrogen-bond acceptors (Lipinski definition) is 5. The van der Waals surface area contributed by atoms with E-state index in [0.717, 1.165) is 11.3 Å². The lowest BCUT2D eigenvalue weighted by Crippen LogP contribution is -2.21. The van der Waals surface area contributed by atoms with Gasteiger partial charge in [-0.2, -0.15) is 10.1 Å². The van der Waals surface area contributed by atoms with Crippen LogP contribution in [0.3, 0.4) is 0 Å². The average Bonchev–Trinajstić information content (AvgIpc) is 3.07. The molecule has 0 saturated carbocycles. The molecule has 28 heavy (non-hydrogen) atoms. The fourth-order valence-electron chi connectivity index (χ4n) is 2.97. The summed E-state index contributed by atoms with van der Waals surface area (Å²) in [5.74, 6) is -0.484. The molecule has 2 heterocycles. The topological polar surface area (TPSA) is 76.4 Å². The number of carbonyl (C=O) groups is 1. The number of benzene rings is 2. The Morgan fingerprint density at radius 1 is 1.11 bits per heavy atom. The van der Waals surface area contributed by atoms with E-state index in [0.29, 0.717) is 16.2 Å². The molecule has 2 aromatic heterocycles. The maximum Gasteiger partial charge on any atom is 0.300 e. The number of aromatic nitrogens is 3. The second-order valence-electron chi connectivity index (χ2n) is 6.50. The van der Waals surface area contributed by atoms with Crippen molar-refractivity contribution in [3.63, 3.8) is 0 Å². The average molecular weight is 390 g/mol. The second-order valence-corrected chi connectivity index (χ2v) is 7.34. The lowest BCUT2D eigenvalue weighted by Gasteiger charge is -2.15. The van der Waals surface area contributed by atoms with Crippen LogP contribution in [0.2, 0.25) is 0 Å². The summed E-state index contributed by atoms with van der Waals surface area (Å²) < 4.78 is 1.65. The van der Waals surface area contributed by atoms with E-state index in [1.165, 1.54) is 11.3 Å². The summed E-state index contributed by atoms with van der Waals surface area (Å²) in [6.07, 6.45) is 0. The minimum absolute atomic E-state index is 0.153. The van der Waals surface area contributed by atoms with Crippen LogP contribution in [0.5, 0.6) is 0 Å². The summed E-state index contributed by atoms with van der Waals surface area (Å²) in [6, 6.07) is 16.7. The molecule has 0 saturated heterocycles. The number of hydrogen-bond donors (Lipinski definition) is 1.